The molecular formula is C10H9F3N4OS. The maximum absolute atomic E-state index is 12.4. The van der Waals surface area contributed by atoms with E-state index in [2.05, 4.69) is 5.10 Å². The van der Waals surface area contributed by atoms with E-state index in [4.69, 9.17) is 5.84 Å². The molecular weight excluding hydrogens is 281 g/mol. The van der Waals surface area contributed by atoms with Crippen LogP contribution in [0.3, 0.4) is 0 Å². The van der Waals surface area contributed by atoms with Crippen LogP contribution < -0.4 is 11.3 Å². The zero-order valence-electron chi connectivity index (χ0n) is 9.44. The summed E-state index contributed by atoms with van der Waals surface area (Å²) in [7, 11) is 0. The van der Waals surface area contributed by atoms with Crippen molar-refractivity contribution in [3.8, 4) is 0 Å². The number of halogens is 3. The first-order valence-corrected chi connectivity index (χ1v) is 5.92. The lowest BCUT2D eigenvalue weighted by molar-refractivity contribution is -0.141. The van der Waals surface area contributed by atoms with E-state index in [9.17, 15) is 18.0 Å². The van der Waals surface area contributed by atoms with E-state index in [0.29, 0.717) is 9.75 Å². The van der Waals surface area contributed by atoms with Gasteiger partial charge in [0, 0.05) is 11.1 Å². The molecule has 3 N–H and O–H groups in total. The fraction of sp³-hybridized carbons (Fsp3) is 0.200. The summed E-state index contributed by atoms with van der Waals surface area (Å²) in [5.41, 5.74) is 1.04. The van der Waals surface area contributed by atoms with Crippen LogP contribution in [0.5, 0.6) is 0 Å². The van der Waals surface area contributed by atoms with Crippen LogP contribution in [0, 0.1) is 0 Å². The Labute approximate surface area is 109 Å². The average Bonchev–Trinajstić information content (AvgIpc) is 2.97. The van der Waals surface area contributed by atoms with Gasteiger partial charge < -0.3 is 0 Å². The molecule has 19 heavy (non-hydrogen) atoms. The quantitative estimate of drug-likeness (QED) is 0.512. The second-order valence-electron chi connectivity index (χ2n) is 3.64. The zero-order chi connectivity index (χ0) is 14.0. The molecule has 0 saturated heterocycles. The van der Waals surface area contributed by atoms with E-state index in [1.54, 1.807) is 12.1 Å². The van der Waals surface area contributed by atoms with E-state index >= 15 is 0 Å². The van der Waals surface area contributed by atoms with E-state index in [1.807, 2.05) is 5.43 Å². The van der Waals surface area contributed by atoms with Gasteiger partial charge in [-0.15, -0.1) is 11.3 Å². The Bertz CT molecular complexity index is 590. The highest BCUT2D eigenvalue weighted by Crippen LogP contribution is 2.27. The molecule has 9 heteroatoms. The third-order valence-electron chi connectivity index (χ3n) is 2.27. The summed E-state index contributed by atoms with van der Waals surface area (Å²) < 4.78 is 38.2. The topological polar surface area (TPSA) is 72.9 Å². The molecule has 102 valence electrons. The van der Waals surface area contributed by atoms with Crippen molar-refractivity contribution in [2.75, 3.05) is 0 Å². The molecule has 0 radical (unpaired) electrons. The van der Waals surface area contributed by atoms with Gasteiger partial charge in [-0.1, -0.05) is 0 Å². The number of hydrazine groups is 1. The second kappa shape index (κ2) is 5.02. The van der Waals surface area contributed by atoms with Crippen molar-refractivity contribution >= 4 is 17.2 Å². The monoisotopic (exact) mass is 290 g/mol. The fourth-order valence-electron chi connectivity index (χ4n) is 1.42. The zero-order valence-corrected chi connectivity index (χ0v) is 10.3. The van der Waals surface area contributed by atoms with Crippen molar-refractivity contribution in [2.24, 2.45) is 5.84 Å². The van der Waals surface area contributed by atoms with Crippen molar-refractivity contribution < 1.29 is 18.0 Å². The number of hydrogen-bond acceptors (Lipinski definition) is 4. The normalized spacial score (nSPS) is 11.6. The van der Waals surface area contributed by atoms with Crippen LogP contribution in [0.2, 0.25) is 0 Å². The number of nitrogens with one attached hydrogen (secondary N) is 1. The standard InChI is InChI=1S/C10H9F3N4OS/c11-10(12,13)8-3-4-17(16-8)5-6-1-2-7(19-6)9(18)15-14/h1-4H,5,14H2,(H,15,18). The Kier molecular flexibility index (Phi) is 3.58. The van der Waals surface area contributed by atoms with E-state index in [-0.39, 0.29) is 6.54 Å². The van der Waals surface area contributed by atoms with Crippen molar-refractivity contribution in [1.82, 2.24) is 15.2 Å². The molecule has 0 fully saturated rings. The molecule has 0 spiro atoms. The highest BCUT2D eigenvalue weighted by Gasteiger charge is 2.33. The maximum atomic E-state index is 12.4. The molecule has 0 aromatic carbocycles. The number of hydrogen-bond donors (Lipinski definition) is 2. The van der Waals surface area contributed by atoms with Crippen LogP contribution in [0.4, 0.5) is 13.2 Å². The van der Waals surface area contributed by atoms with Gasteiger partial charge in [-0.25, -0.2) is 5.84 Å². The highest BCUT2D eigenvalue weighted by molar-refractivity contribution is 7.14. The highest BCUT2D eigenvalue weighted by atomic mass is 32.1. The molecule has 0 saturated carbocycles. The van der Waals surface area contributed by atoms with Crippen LogP contribution in [0.25, 0.3) is 0 Å². The molecule has 1 amide bonds. The number of carbonyl (C=O) groups excluding carboxylic acids is 1. The molecule has 2 aromatic heterocycles. The Morgan fingerprint density at radius 2 is 2.16 bits per heavy atom. The minimum atomic E-state index is -4.45. The minimum Gasteiger partial charge on any atom is -0.289 e. The number of thiophene rings is 1. The van der Waals surface area contributed by atoms with Crippen LogP contribution in [0.1, 0.15) is 20.2 Å². The predicted octanol–water partition coefficient (Wildman–Crippen LogP) is 1.62. The lowest BCUT2D eigenvalue weighted by atomic mass is 10.4. The predicted molar refractivity (Wildman–Crippen MR) is 62.3 cm³/mol. The average molecular weight is 290 g/mol. The number of amides is 1. The number of rotatable bonds is 3. The van der Waals surface area contributed by atoms with Crippen molar-refractivity contribution in [3.05, 3.63) is 39.8 Å². The summed E-state index contributed by atoms with van der Waals surface area (Å²) >= 11 is 1.14. The Morgan fingerprint density at radius 3 is 2.74 bits per heavy atom. The van der Waals surface area contributed by atoms with Gasteiger partial charge in [0.25, 0.3) is 5.91 Å². The fourth-order valence-corrected chi connectivity index (χ4v) is 2.32. The first-order valence-electron chi connectivity index (χ1n) is 5.10. The first-order chi connectivity index (χ1) is 8.90. The molecule has 0 bridgehead atoms. The third kappa shape index (κ3) is 3.12. The Balaban J connectivity index is 2.11. The first kappa shape index (κ1) is 13.6. The van der Waals surface area contributed by atoms with Gasteiger partial charge in [-0.05, 0) is 18.2 Å². The molecule has 5 nitrogen and oxygen atoms in total. The Hall–Kier alpha value is -1.87. The van der Waals surface area contributed by atoms with Gasteiger partial charge >= 0.3 is 6.18 Å². The number of nitrogens with zero attached hydrogens (tertiary/aromatic N) is 2. The van der Waals surface area contributed by atoms with Crippen LogP contribution in [0.15, 0.2) is 24.4 Å². The summed E-state index contributed by atoms with van der Waals surface area (Å²) in [5.74, 6) is 4.54. The third-order valence-corrected chi connectivity index (χ3v) is 3.33. The number of aromatic nitrogens is 2. The van der Waals surface area contributed by atoms with E-state index < -0.39 is 17.8 Å². The van der Waals surface area contributed by atoms with Gasteiger partial charge in [-0.2, -0.15) is 18.3 Å². The smallest absolute Gasteiger partial charge is 0.289 e. The maximum Gasteiger partial charge on any atom is 0.435 e. The van der Waals surface area contributed by atoms with Crippen LogP contribution in [-0.2, 0) is 12.7 Å². The molecule has 0 atom stereocenters. The van der Waals surface area contributed by atoms with Crippen molar-refractivity contribution in [3.63, 3.8) is 0 Å². The van der Waals surface area contributed by atoms with Gasteiger partial charge in [0.05, 0.1) is 11.4 Å². The van der Waals surface area contributed by atoms with E-state index in [0.717, 1.165) is 17.4 Å². The van der Waals surface area contributed by atoms with Crippen molar-refractivity contribution in [2.45, 2.75) is 12.7 Å². The van der Waals surface area contributed by atoms with Gasteiger partial charge in [0.15, 0.2) is 5.69 Å². The largest absolute Gasteiger partial charge is 0.435 e. The second-order valence-corrected chi connectivity index (χ2v) is 4.80. The molecule has 0 aliphatic heterocycles. The summed E-state index contributed by atoms with van der Waals surface area (Å²) in [5, 5.41) is 3.42. The van der Waals surface area contributed by atoms with Crippen LogP contribution >= 0.6 is 11.3 Å². The van der Waals surface area contributed by atoms with E-state index in [1.165, 1.54) is 10.9 Å². The molecule has 2 aromatic rings. The Morgan fingerprint density at radius 1 is 1.42 bits per heavy atom. The SMILES string of the molecule is NNC(=O)c1ccc(Cn2ccc(C(F)(F)F)n2)s1. The number of carbonyl (C=O) groups is 1. The lowest BCUT2D eigenvalue weighted by Gasteiger charge is -2.01. The number of nitrogens with two attached hydrogens (primary N) is 1. The summed E-state index contributed by atoms with van der Waals surface area (Å²) in [4.78, 5) is 12.3. The minimum absolute atomic E-state index is 0.165. The molecule has 0 aliphatic rings. The lowest BCUT2D eigenvalue weighted by Crippen LogP contribution is -2.29. The molecule has 0 unspecified atom stereocenters. The molecule has 2 heterocycles. The summed E-state index contributed by atoms with van der Waals surface area (Å²) in [6.45, 7) is 0.165. The van der Waals surface area contributed by atoms with Gasteiger partial charge in [0.1, 0.15) is 0 Å². The summed E-state index contributed by atoms with van der Waals surface area (Å²) in [6.07, 6.45) is -3.21. The number of alkyl halides is 3. The van der Waals surface area contributed by atoms with Gasteiger partial charge in [-0.3, -0.25) is 14.9 Å². The summed E-state index contributed by atoms with van der Waals surface area (Å²) in [6, 6.07) is 4.10. The van der Waals surface area contributed by atoms with Crippen molar-refractivity contribution in [1.29, 1.82) is 0 Å². The van der Waals surface area contributed by atoms with Crippen LogP contribution in [-0.4, -0.2) is 15.7 Å². The molecule has 0 aliphatic carbocycles. The van der Waals surface area contributed by atoms with Gasteiger partial charge in [0.2, 0.25) is 0 Å². The number of nitrogen functional groups attached to an aromatic ring is 1. The molecule has 2 rings (SSSR count).